The van der Waals surface area contributed by atoms with E-state index in [0.29, 0.717) is 0 Å². The third kappa shape index (κ3) is 4.09. The van der Waals surface area contributed by atoms with Crippen LogP contribution in [0.2, 0.25) is 0 Å². The largest absolute Gasteiger partial charge is 0.478 e. The SMILES string of the molecule is Cn1ccnc1.O=C(O)c1ccc(C(=O)O)cc1. The van der Waals surface area contributed by atoms with E-state index >= 15 is 0 Å². The number of nitrogens with zero attached hydrogens (tertiary/aromatic N) is 2. The number of benzene rings is 1. The predicted octanol–water partition coefficient (Wildman–Crippen LogP) is 1.50. The zero-order valence-corrected chi connectivity index (χ0v) is 9.65. The van der Waals surface area contributed by atoms with Crippen LogP contribution in [0.4, 0.5) is 0 Å². The summed E-state index contributed by atoms with van der Waals surface area (Å²) in [6, 6.07) is 5.02. The van der Waals surface area contributed by atoms with E-state index in [1.54, 1.807) is 12.5 Å². The van der Waals surface area contributed by atoms with Crippen molar-refractivity contribution in [1.29, 1.82) is 0 Å². The van der Waals surface area contributed by atoms with Crippen molar-refractivity contribution in [3.8, 4) is 0 Å². The van der Waals surface area contributed by atoms with Crippen molar-refractivity contribution in [1.82, 2.24) is 9.55 Å². The lowest BCUT2D eigenvalue weighted by Crippen LogP contribution is -1.99. The third-order valence-corrected chi connectivity index (χ3v) is 2.02. The summed E-state index contributed by atoms with van der Waals surface area (Å²) < 4.78 is 1.89. The molecule has 0 saturated carbocycles. The van der Waals surface area contributed by atoms with Crippen molar-refractivity contribution in [2.45, 2.75) is 0 Å². The molecule has 0 atom stereocenters. The lowest BCUT2D eigenvalue weighted by molar-refractivity contribution is 0.0681. The first-order chi connectivity index (χ1) is 8.50. The standard InChI is InChI=1S/C8H6O4.C4H6N2/c9-7(10)5-1-2-6(4-3-5)8(11)12;1-6-3-2-5-4-6/h1-4H,(H,9,10)(H,11,12);2-4H,1H3. The Hall–Kier alpha value is -2.63. The first-order valence-electron chi connectivity index (χ1n) is 4.99. The van der Waals surface area contributed by atoms with Gasteiger partial charge in [0.2, 0.25) is 0 Å². The highest BCUT2D eigenvalue weighted by molar-refractivity contribution is 5.91. The van der Waals surface area contributed by atoms with Gasteiger partial charge in [-0.05, 0) is 24.3 Å². The summed E-state index contributed by atoms with van der Waals surface area (Å²) in [5, 5.41) is 16.9. The molecule has 2 rings (SSSR count). The predicted molar refractivity (Wildman–Crippen MR) is 63.6 cm³/mol. The average molecular weight is 248 g/mol. The summed E-state index contributed by atoms with van der Waals surface area (Å²) in [6.07, 6.45) is 5.39. The molecule has 1 heterocycles. The number of rotatable bonds is 2. The molecule has 2 aromatic rings. The Balaban J connectivity index is 0.000000225. The minimum absolute atomic E-state index is 0.0833. The maximum atomic E-state index is 10.3. The quantitative estimate of drug-likeness (QED) is 0.840. The number of carbonyl (C=O) groups is 2. The molecule has 18 heavy (non-hydrogen) atoms. The molecule has 0 saturated heterocycles. The number of aryl methyl sites for hydroxylation is 1. The molecule has 1 aromatic heterocycles. The Labute approximate surface area is 103 Å². The highest BCUT2D eigenvalue weighted by atomic mass is 16.4. The molecule has 6 nitrogen and oxygen atoms in total. The van der Waals surface area contributed by atoms with Gasteiger partial charge >= 0.3 is 11.9 Å². The molecule has 0 fully saturated rings. The number of imidazole rings is 1. The van der Waals surface area contributed by atoms with Crippen molar-refractivity contribution in [3.63, 3.8) is 0 Å². The van der Waals surface area contributed by atoms with Gasteiger partial charge in [-0.2, -0.15) is 0 Å². The summed E-state index contributed by atoms with van der Waals surface area (Å²) in [4.78, 5) is 24.5. The summed E-state index contributed by atoms with van der Waals surface area (Å²) in [5.41, 5.74) is 0.167. The Bertz CT molecular complexity index is 485. The normalized spacial score (nSPS) is 9.17. The topological polar surface area (TPSA) is 92.4 Å². The van der Waals surface area contributed by atoms with Crippen LogP contribution in [0.25, 0.3) is 0 Å². The number of carboxylic acid groups (broad SMARTS) is 2. The highest BCUT2D eigenvalue weighted by Crippen LogP contribution is 2.03. The van der Waals surface area contributed by atoms with Crippen LogP contribution in [0.5, 0.6) is 0 Å². The zero-order valence-electron chi connectivity index (χ0n) is 9.65. The number of hydrogen-bond donors (Lipinski definition) is 2. The van der Waals surface area contributed by atoms with Gasteiger partial charge in [0.1, 0.15) is 0 Å². The van der Waals surface area contributed by atoms with Gasteiger partial charge < -0.3 is 14.8 Å². The second kappa shape index (κ2) is 6.19. The van der Waals surface area contributed by atoms with E-state index < -0.39 is 11.9 Å². The van der Waals surface area contributed by atoms with Gasteiger partial charge in [-0.1, -0.05) is 0 Å². The van der Waals surface area contributed by atoms with E-state index in [1.807, 2.05) is 17.8 Å². The highest BCUT2D eigenvalue weighted by Gasteiger charge is 2.04. The van der Waals surface area contributed by atoms with E-state index in [4.69, 9.17) is 10.2 Å². The molecule has 0 aliphatic carbocycles. The third-order valence-electron chi connectivity index (χ3n) is 2.02. The first-order valence-corrected chi connectivity index (χ1v) is 4.99. The molecule has 6 heteroatoms. The van der Waals surface area contributed by atoms with Crippen molar-refractivity contribution in [2.24, 2.45) is 7.05 Å². The Kier molecular flexibility index (Phi) is 4.62. The van der Waals surface area contributed by atoms with Gasteiger partial charge in [0, 0.05) is 19.4 Å². The summed E-state index contributed by atoms with van der Waals surface area (Å²) >= 11 is 0. The number of hydrogen-bond acceptors (Lipinski definition) is 3. The van der Waals surface area contributed by atoms with Crippen LogP contribution in [0.1, 0.15) is 20.7 Å². The fourth-order valence-electron chi connectivity index (χ4n) is 1.08. The number of aromatic carboxylic acids is 2. The smallest absolute Gasteiger partial charge is 0.335 e. The minimum Gasteiger partial charge on any atom is -0.478 e. The van der Waals surface area contributed by atoms with Gasteiger partial charge in [-0.3, -0.25) is 0 Å². The fourth-order valence-corrected chi connectivity index (χ4v) is 1.08. The molecule has 0 aliphatic rings. The molecular formula is C12H12N2O4. The zero-order chi connectivity index (χ0) is 13.5. The van der Waals surface area contributed by atoms with Crippen LogP contribution in [0.15, 0.2) is 43.0 Å². The second-order valence-electron chi connectivity index (χ2n) is 3.42. The average Bonchev–Trinajstić information content (AvgIpc) is 2.81. The van der Waals surface area contributed by atoms with Crippen LogP contribution >= 0.6 is 0 Å². The molecule has 94 valence electrons. The van der Waals surface area contributed by atoms with E-state index in [-0.39, 0.29) is 11.1 Å². The molecule has 0 spiro atoms. The molecule has 0 radical (unpaired) electrons. The minimum atomic E-state index is -1.06. The van der Waals surface area contributed by atoms with Gasteiger partial charge in [0.15, 0.2) is 0 Å². The van der Waals surface area contributed by atoms with Crippen molar-refractivity contribution < 1.29 is 19.8 Å². The molecule has 0 unspecified atom stereocenters. The van der Waals surface area contributed by atoms with Crippen LogP contribution in [-0.4, -0.2) is 31.7 Å². The number of aromatic nitrogens is 2. The van der Waals surface area contributed by atoms with E-state index in [0.717, 1.165) is 0 Å². The van der Waals surface area contributed by atoms with Crippen LogP contribution in [0, 0.1) is 0 Å². The van der Waals surface area contributed by atoms with Gasteiger partial charge in [0.25, 0.3) is 0 Å². The maximum Gasteiger partial charge on any atom is 0.335 e. The monoisotopic (exact) mass is 248 g/mol. The lowest BCUT2D eigenvalue weighted by Gasteiger charge is -1.94. The van der Waals surface area contributed by atoms with Crippen LogP contribution in [-0.2, 0) is 7.05 Å². The maximum absolute atomic E-state index is 10.3. The molecule has 2 N–H and O–H groups in total. The first kappa shape index (κ1) is 13.4. The summed E-state index contributed by atoms with van der Waals surface area (Å²) in [6.45, 7) is 0. The van der Waals surface area contributed by atoms with Crippen LogP contribution < -0.4 is 0 Å². The Morgan fingerprint density at radius 1 is 1.06 bits per heavy atom. The molecular weight excluding hydrogens is 236 g/mol. The Morgan fingerprint density at radius 2 is 1.50 bits per heavy atom. The van der Waals surface area contributed by atoms with E-state index in [2.05, 4.69) is 4.98 Å². The van der Waals surface area contributed by atoms with E-state index in [9.17, 15) is 9.59 Å². The van der Waals surface area contributed by atoms with Crippen LogP contribution in [0.3, 0.4) is 0 Å². The molecule has 0 bridgehead atoms. The fraction of sp³-hybridized carbons (Fsp3) is 0.0833. The van der Waals surface area contributed by atoms with Crippen molar-refractivity contribution in [2.75, 3.05) is 0 Å². The molecule has 0 amide bonds. The van der Waals surface area contributed by atoms with Gasteiger partial charge in [-0.25, -0.2) is 14.6 Å². The van der Waals surface area contributed by atoms with Crippen molar-refractivity contribution >= 4 is 11.9 Å². The summed E-state index contributed by atoms with van der Waals surface area (Å²) in [5.74, 6) is -2.13. The number of carboxylic acids is 2. The molecule has 1 aromatic carbocycles. The Morgan fingerprint density at radius 3 is 1.67 bits per heavy atom. The van der Waals surface area contributed by atoms with Gasteiger partial charge in [-0.15, -0.1) is 0 Å². The lowest BCUT2D eigenvalue weighted by atomic mass is 10.1. The van der Waals surface area contributed by atoms with E-state index in [1.165, 1.54) is 24.3 Å². The van der Waals surface area contributed by atoms with Crippen molar-refractivity contribution in [3.05, 3.63) is 54.1 Å². The second-order valence-corrected chi connectivity index (χ2v) is 3.42. The van der Waals surface area contributed by atoms with Gasteiger partial charge in [0.05, 0.1) is 17.5 Å². The molecule has 0 aliphatic heterocycles. The summed E-state index contributed by atoms with van der Waals surface area (Å²) in [7, 11) is 1.94.